The SMILES string of the molecule is CC(C)[C@@]1(C)[C@H]2CC(C3C[C@@H]4C[C@H]3[C@H](N)[C@@]4(C)C(C)CCC(C)[C@]3(C)[C@H]4CC[C@H](C4)[C@H]3N)[C@H](C2)[C@H]1N. The van der Waals surface area contributed by atoms with Gasteiger partial charge in [0.05, 0.1) is 0 Å². The van der Waals surface area contributed by atoms with Crippen LogP contribution in [0.2, 0.25) is 0 Å². The monoisotopic (exact) mass is 497 g/mol. The Labute approximate surface area is 222 Å². The second-order valence-corrected chi connectivity index (χ2v) is 16.5. The first-order chi connectivity index (χ1) is 16.9. The third-order valence-electron chi connectivity index (χ3n) is 16.0. The summed E-state index contributed by atoms with van der Waals surface area (Å²) in [6, 6.07) is 1.19. The fourth-order valence-electron chi connectivity index (χ4n) is 12.6. The van der Waals surface area contributed by atoms with Crippen molar-refractivity contribution < 1.29 is 0 Å². The van der Waals surface area contributed by atoms with Gasteiger partial charge in [-0.2, -0.15) is 0 Å². The van der Waals surface area contributed by atoms with E-state index in [9.17, 15) is 0 Å². The van der Waals surface area contributed by atoms with Gasteiger partial charge >= 0.3 is 0 Å². The van der Waals surface area contributed by atoms with Crippen LogP contribution in [0.25, 0.3) is 0 Å². The number of hydrogen-bond donors (Lipinski definition) is 3. The molecule has 0 radical (unpaired) electrons. The zero-order chi connectivity index (χ0) is 25.9. The van der Waals surface area contributed by atoms with E-state index in [1.807, 2.05) is 0 Å². The fourth-order valence-corrected chi connectivity index (χ4v) is 12.6. The lowest BCUT2D eigenvalue weighted by Gasteiger charge is -2.51. The summed E-state index contributed by atoms with van der Waals surface area (Å²) in [5.74, 6) is 8.60. The second kappa shape index (κ2) is 8.44. The van der Waals surface area contributed by atoms with Crippen molar-refractivity contribution in [3.05, 3.63) is 0 Å². The molecule has 6 saturated carbocycles. The van der Waals surface area contributed by atoms with E-state index >= 15 is 0 Å². The lowest BCUT2D eigenvalue weighted by Crippen LogP contribution is -2.55. The van der Waals surface area contributed by atoms with Crippen molar-refractivity contribution in [3.63, 3.8) is 0 Å². The third kappa shape index (κ3) is 3.15. The predicted molar refractivity (Wildman–Crippen MR) is 151 cm³/mol. The van der Waals surface area contributed by atoms with Crippen molar-refractivity contribution in [2.75, 3.05) is 0 Å². The molecule has 0 aromatic carbocycles. The van der Waals surface area contributed by atoms with Crippen LogP contribution in [-0.4, -0.2) is 18.1 Å². The number of rotatable bonds is 7. The maximum Gasteiger partial charge on any atom is 0.0129 e. The number of fused-ring (bicyclic) bond motifs is 6. The number of nitrogens with two attached hydrogens (primary N) is 3. The molecule has 16 atom stereocenters. The summed E-state index contributed by atoms with van der Waals surface area (Å²) in [5.41, 5.74) is 22.1. The molecule has 0 aromatic heterocycles. The van der Waals surface area contributed by atoms with Crippen molar-refractivity contribution in [2.24, 2.45) is 98.5 Å². The maximum atomic E-state index is 7.27. The summed E-state index contributed by atoms with van der Waals surface area (Å²) < 4.78 is 0. The van der Waals surface area contributed by atoms with Crippen molar-refractivity contribution in [1.82, 2.24) is 0 Å². The van der Waals surface area contributed by atoms with Gasteiger partial charge in [-0.3, -0.25) is 0 Å². The van der Waals surface area contributed by atoms with Crippen LogP contribution in [0.4, 0.5) is 0 Å². The molecule has 206 valence electrons. The first kappa shape index (κ1) is 26.1. The number of hydrogen-bond acceptors (Lipinski definition) is 3. The Bertz CT molecular complexity index is 844. The van der Waals surface area contributed by atoms with E-state index < -0.39 is 0 Å². The van der Waals surface area contributed by atoms with E-state index in [1.54, 1.807) is 0 Å². The van der Waals surface area contributed by atoms with Crippen molar-refractivity contribution >= 4 is 0 Å². The van der Waals surface area contributed by atoms with Crippen LogP contribution < -0.4 is 17.2 Å². The Morgan fingerprint density at radius 1 is 0.556 bits per heavy atom. The molecule has 36 heavy (non-hydrogen) atoms. The first-order valence-corrected chi connectivity index (χ1v) is 16.1. The van der Waals surface area contributed by atoms with E-state index in [4.69, 9.17) is 17.2 Å². The Morgan fingerprint density at radius 3 is 1.42 bits per heavy atom. The van der Waals surface area contributed by atoms with Gasteiger partial charge in [-0.15, -0.1) is 0 Å². The summed E-state index contributed by atoms with van der Waals surface area (Å²) in [5, 5.41) is 0. The van der Waals surface area contributed by atoms with E-state index in [-0.39, 0.29) is 0 Å². The topological polar surface area (TPSA) is 78.1 Å². The molecule has 0 spiro atoms. The molecule has 0 aromatic rings. The van der Waals surface area contributed by atoms with Gasteiger partial charge in [0, 0.05) is 18.1 Å². The molecule has 3 nitrogen and oxygen atoms in total. The molecular weight excluding hydrogens is 438 g/mol. The molecule has 6 bridgehead atoms. The lowest BCUT2D eigenvalue weighted by molar-refractivity contribution is -0.00293. The van der Waals surface area contributed by atoms with Crippen LogP contribution in [0.1, 0.15) is 106 Å². The van der Waals surface area contributed by atoms with Crippen LogP contribution in [0.3, 0.4) is 0 Å². The van der Waals surface area contributed by atoms with Crippen LogP contribution in [0, 0.1) is 81.3 Å². The normalized spacial score (nSPS) is 58.9. The minimum Gasteiger partial charge on any atom is -0.327 e. The Kier molecular flexibility index (Phi) is 6.12. The Balaban J connectivity index is 1.10. The molecule has 0 saturated heterocycles. The van der Waals surface area contributed by atoms with Crippen LogP contribution in [0.15, 0.2) is 0 Å². The minimum atomic E-state index is 0.310. The van der Waals surface area contributed by atoms with Crippen molar-refractivity contribution in [2.45, 2.75) is 124 Å². The summed E-state index contributed by atoms with van der Waals surface area (Å²) >= 11 is 0. The average Bonchev–Trinajstić information content (AvgIpc) is 3.67. The van der Waals surface area contributed by atoms with E-state index in [0.717, 1.165) is 53.3 Å². The van der Waals surface area contributed by atoms with Crippen LogP contribution in [0.5, 0.6) is 0 Å². The van der Waals surface area contributed by atoms with Crippen molar-refractivity contribution in [1.29, 1.82) is 0 Å². The van der Waals surface area contributed by atoms with Gasteiger partial charge in [0.25, 0.3) is 0 Å². The van der Waals surface area contributed by atoms with Crippen LogP contribution >= 0.6 is 0 Å². The van der Waals surface area contributed by atoms with Crippen molar-refractivity contribution in [3.8, 4) is 0 Å². The Morgan fingerprint density at radius 2 is 1.00 bits per heavy atom. The molecule has 0 amide bonds. The standard InChI is InChI=1S/C33H59N3/c1-17(2)31(5)22-13-24(26(15-22)29(31)35)25-14-23-16-27(25)30(36)33(23,7)19(4)9-8-18(3)32(6)21-11-10-20(12-21)28(32)34/h17-30H,8-16,34-36H2,1-7H3/t18?,19?,20-,21+,22+,23-,24?,25?,26+,27-,28-,29-,30+,31+,32-,33+/m1/s1. The molecule has 6 aliphatic carbocycles. The smallest absolute Gasteiger partial charge is 0.0129 e. The fraction of sp³-hybridized carbons (Fsp3) is 1.00. The largest absolute Gasteiger partial charge is 0.327 e. The van der Waals surface area contributed by atoms with E-state index in [0.29, 0.717) is 46.2 Å². The van der Waals surface area contributed by atoms with Gasteiger partial charge in [-0.1, -0.05) is 48.5 Å². The maximum absolute atomic E-state index is 7.27. The summed E-state index contributed by atoms with van der Waals surface area (Å²) in [6.07, 6.45) is 12.5. The molecule has 3 heteroatoms. The lowest BCUT2D eigenvalue weighted by atomic mass is 9.55. The molecule has 6 fully saturated rings. The highest BCUT2D eigenvalue weighted by molar-refractivity contribution is 5.17. The molecule has 0 heterocycles. The summed E-state index contributed by atoms with van der Waals surface area (Å²) in [4.78, 5) is 0. The quantitative estimate of drug-likeness (QED) is 0.379. The molecular formula is C33H59N3. The van der Waals surface area contributed by atoms with Gasteiger partial charge in [0.1, 0.15) is 0 Å². The minimum absolute atomic E-state index is 0.310. The van der Waals surface area contributed by atoms with Gasteiger partial charge in [0.2, 0.25) is 0 Å². The summed E-state index contributed by atoms with van der Waals surface area (Å²) in [7, 11) is 0. The molecule has 0 aliphatic heterocycles. The van der Waals surface area contributed by atoms with E-state index in [2.05, 4.69) is 48.5 Å². The second-order valence-electron chi connectivity index (χ2n) is 16.5. The van der Waals surface area contributed by atoms with Gasteiger partial charge in [0.15, 0.2) is 0 Å². The highest BCUT2D eigenvalue weighted by atomic mass is 14.8. The average molecular weight is 498 g/mol. The van der Waals surface area contributed by atoms with Gasteiger partial charge < -0.3 is 17.2 Å². The third-order valence-corrected chi connectivity index (χ3v) is 16.0. The molecule has 6 rings (SSSR count). The van der Waals surface area contributed by atoms with Gasteiger partial charge in [-0.05, 0) is 139 Å². The van der Waals surface area contributed by atoms with Crippen LogP contribution in [-0.2, 0) is 0 Å². The molecule has 6 aliphatic rings. The van der Waals surface area contributed by atoms with E-state index in [1.165, 1.54) is 57.8 Å². The predicted octanol–water partition coefficient (Wildman–Crippen LogP) is 6.44. The Hall–Kier alpha value is -0.120. The van der Waals surface area contributed by atoms with Gasteiger partial charge in [-0.25, -0.2) is 0 Å². The zero-order valence-corrected chi connectivity index (χ0v) is 24.7. The molecule has 6 N–H and O–H groups in total. The molecule has 4 unspecified atom stereocenters. The first-order valence-electron chi connectivity index (χ1n) is 16.1. The summed E-state index contributed by atoms with van der Waals surface area (Å²) in [6.45, 7) is 17.5. The highest BCUT2D eigenvalue weighted by Gasteiger charge is 2.66. The zero-order valence-electron chi connectivity index (χ0n) is 24.7. The highest BCUT2D eigenvalue weighted by Crippen LogP contribution is 2.69.